The van der Waals surface area contributed by atoms with E-state index in [0.29, 0.717) is 5.39 Å². The van der Waals surface area contributed by atoms with Crippen molar-refractivity contribution in [3.8, 4) is 5.75 Å². The molecular weight excluding hydrogens is 644 g/mol. The number of carboxylic acid groups (broad SMARTS) is 1. The topological polar surface area (TPSA) is 222 Å². The summed E-state index contributed by atoms with van der Waals surface area (Å²) in [7, 11) is -4.33. The van der Waals surface area contributed by atoms with Crippen LogP contribution in [0.5, 0.6) is 5.75 Å². The van der Waals surface area contributed by atoms with E-state index in [4.69, 9.17) is 34.2 Å². The van der Waals surface area contributed by atoms with Crippen molar-refractivity contribution in [2.45, 2.75) is 57.0 Å². The first-order chi connectivity index (χ1) is 21.4. The van der Waals surface area contributed by atoms with Crippen LogP contribution in [0.25, 0.3) is 10.8 Å². The summed E-state index contributed by atoms with van der Waals surface area (Å²) in [6.45, 7) is 3.91. The van der Waals surface area contributed by atoms with Gasteiger partial charge in [-0.2, -0.15) is 23.2 Å². The van der Waals surface area contributed by atoms with Crippen LogP contribution in [0.2, 0.25) is 0 Å². The second-order valence-electron chi connectivity index (χ2n) is 10.0. The van der Waals surface area contributed by atoms with Crippen molar-refractivity contribution >= 4 is 36.3 Å². The third kappa shape index (κ3) is 8.80. The highest BCUT2D eigenvalue weighted by atomic mass is 31.2. The molecule has 1 saturated heterocycles. The molecule has 0 bridgehead atoms. The number of fused-ring (bicyclic) bond motifs is 1. The molecule has 19 heteroatoms. The summed E-state index contributed by atoms with van der Waals surface area (Å²) in [5, 5.41) is 32.9. The van der Waals surface area contributed by atoms with Crippen molar-refractivity contribution in [1.82, 2.24) is 14.6 Å². The van der Waals surface area contributed by atoms with Gasteiger partial charge in [0.1, 0.15) is 35.4 Å². The summed E-state index contributed by atoms with van der Waals surface area (Å²) in [5.41, 5.74) is 2.78. The maximum absolute atomic E-state index is 14.0. The van der Waals surface area contributed by atoms with E-state index in [1.54, 1.807) is 31.2 Å². The Labute approximate surface area is 259 Å². The average molecular weight is 677 g/mol. The number of rotatable bonds is 10. The van der Waals surface area contributed by atoms with E-state index in [9.17, 15) is 37.5 Å². The fraction of sp³-hybridized carbons (Fsp3) is 0.407. The molecule has 3 aromatic rings. The number of carboxylic acids is 1. The molecule has 1 aromatic heterocycles. The summed E-state index contributed by atoms with van der Waals surface area (Å²) >= 11 is 0. The molecule has 4 rings (SSSR count). The number of nitrogen functional groups attached to an aromatic ring is 1. The van der Waals surface area contributed by atoms with Crippen LogP contribution in [0.4, 0.5) is 19.0 Å². The number of halogens is 3. The number of esters is 1. The van der Waals surface area contributed by atoms with E-state index >= 15 is 0 Å². The van der Waals surface area contributed by atoms with Crippen molar-refractivity contribution in [2.24, 2.45) is 0 Å². The first-order valence-electron chi connectivity index (χ1n) is 13.5. The number of hydrogen-bond acceptors (Lipinski definition) is 12. The molecule has 252 valence electrons. The second-order valence-corrected chi connectivity index (χ2v) is 11.7. The Balaban J connectivity index is 0.000000738. The predicted molar refractivity (Wildman–Crippen MR) is 155 cm³/mol. The van der Waals surface area contributed by atoms with Crippen LogP contribution in [0.1, 0.15) is 27.0 Å². The van der Waals surface area contributed by atoms with Gasteiger partial charge in [0.15, 0.2) is 6.23 Å². The van der Waals surface area contributed by atoms with E-state index in [0.717, 1.165) is 9.95 Å². The number of anilines is 1. The predicted octanol–water partition coefficient (Wildman–Crippen LogP) is 2.37. The van der Waals surface area contributed by atoms with Gasteiger partial charge >= 0.3 is 31.6 Å². The monoisotopic (exact) mass is 676 g/mol. The largest absolute Gasteiger partial charge is 0.490 e. The number of alkyl halides is 3. The van der Waals surface area contributed by atoms with Gasteiger partial charge in [-0.3, -0.25) is 13.9 Å². The lowest BCUT2D eigenvalue weighted by molar-refractivity contribution is -0.192. The fourth-order valence-electron chi connectivity index (χ4n) is 4.21. The van der Waals surface area contributed by atoms with Gasteiger partial charge in [0.2, 0.25) is 0 Å². The highest BCUT2D eigenvalue weighted by Crippen LogP contribution is 2.48. The van der Waals surface area contributed by atoms with Crippen LogP contribution in [0.3, 0.4) is 0 Å². The molecule has 0 saturated carbocycles. The van der Waals surface area contributed by atoms with Gasteiger partial charge in [0, 0.05) is 11.6 Å². The van der Waals surface area contributed by atoms with E-state index in [-0.39, 0.29) is 18.2 Å². The number of aromatic nitrogens is 2. The lowest BCUT2D eigenvalue weighted by atomic mass is 9.96. The van der Waals surface area contributed by atoms with Gasteiger partial charge in [-0.15, -0.1) is 0 Å². The van der Waals surface area contributed by atoms with E-state index in [2.05, 4.69) is 10.1 Å². The molecule has 46 heavy (non-hydrogen) atoms. The standard InChI is InChI=1S/C25H31N4O9P.C2HF3O2/c1-4-35-22(31)15(2)28-39(34,38-18-11-7-9-16-8-5-6-10-17(16)18)36-14-19-21(30)25(3,33)23(37-19)29-13-12-20(26)27-24(29)32;3-2(4,5)1(6)7/h5-13,15,19,21,23,30,33H,4,14H2,1-3H3,(H,28,34)(H2,26,27,32);(H,6,7)/t15-,19+,21+,23+,25+,39?;/m0./s1. The van der Waals surface area contributed by atoms with Gasteiger partial charge in [-0.25, -0.2) is 14.2 Å². The first-order valence-corrected chi connectivity index (χ1v) is 15.0. The first kappa shape index (κ1) is 36.4. The number of nitrogens with two attached hydrogens (primary N) is 1. The molecule has 6 N–H and O–H groups in total. The lowest BCUT2D eigenvalue weighted by Gasteiger charge is -2.27. The van der Waals surface area contributed by atoms with Gasteiger partial charge in [-0.05, 0) is 38.3 Å². The van der Waals surface area contributed by atoms with Crippen molar-refractivity contribution in [3.05, 3.63) is 65.2 Å². The van der Waals surface area contributed by atoms with Gasteiger partial charge < -0.3 is 35.1 Å². The third-order valence-corrected chi connectivity index (χ3v) is 8.10. The normalized spacial score (nSPS) is 23.1. The van der Waals surface area contributed by atoms with Crippen molar-refractivity contribution in [2.75, 3.05) is 18.9 Å². The van der Waals surface area contributed by atoms with Crippen LogP contribution < -0.4 is 21.0 Å². The number of nitrogens with one attached hydrogen (secondary N) is 1. The van der Waals surface area contributed by atoms with Crippen LogP contribution >= 0.6 is 7.75 Å². The van der Waals surface area contributed by atoms with E-state index in [1.807, 2.05) is 18.2 Å². The number of carbonyl (C=O) groups excluding carboxylic acids is 1. The Morgan fingerprint density at radius 3 is 2.46 bits per heavy atom. The summed E-state index contributed by atoms with van der Waals surface area (Å²) < 4.78 is 68.9. The average Bonchev–Trinajstić information content (AvgIpc) is 3.19. The Hall–Kier alpha value is -4.06. The molecule has 1 fully saturated rings. The number of benzene rings is 2. The lowest BCUT2D eigenvalue weighted by Crippen LogP contribution is -2.46. The highest BCUT2D eigenvalue weighted by Gasteiger charge is 2.54. The Morgan fingerprint density at radius 1 is 1.22 bits per heavy atom. The number of aliphatic carboxylic acids is 1. The van der Waals surface area contributed by atoms with Crippen LogP contribution in [-0.2, 0) is 28.2 Å². The SMILES string of the molecule is CCOC(=O)[C@H](C)NP(=O)(OC[C@H]1O[C@@H](n2ccc(N)nc2=O)[C@](C)(O)[C@@H]1O)Oc1cccc2ccccc12.O=C(O)C(F)(F)F. The minimum Gasteiger partial charge on any atom is -0.475 e. The van der Waals surface area contributed by atoms with Crippen molar-refractivity contribution in [1.29, 1.82) is 0 Å². The molecule has 2 aromatic carbocycles. The zero-order valence-corrected chi connectivity index (χ0v) is 25.5. The third-order valence-electron chi connectivity index (χ3n) is 6.47. The molecule has 0 radical (unpaired) electrons. The zero-order valence-electron chi connectivity index (χ0n) is 24.6. The van der Waals surface area contributed by atoms with Crippen LogP contribution in [-0.4, -0.2) is 80.1 Å². The molecule has 1 aliphatic heterocycles. The Morgan fingerprint density at radius 2 is 1.85 bits per heavy atom. The summed E-state index contributed by atoms with van der Waals surface area (Å²) in [5.74, 6) is -3.24. The number of aliphatic hydroxyl groups excluding tert-OH is 1. The number of hydrogen-bond donors (Lipinski definition) is 5. The maximum atomic E-state index is 14.0. The van der Waals surface area contributed by atoms with Crippen LogP contribution in [0.15, 0.2) is 59.5 Å². The van der Waals surface area contributed by atoms with Gasteiger partial charge in [0.25, 0.3) is 0 Å². The molecule has 2 heterocycles. The molecule has 1 aliphatic rings. The van der Waals surface area contributed by atoms with Gasteiger partial charge in [-0.1, -0.05) is 36.4 Å². The number of aliphatic hydroxyl groups is 2. The van der Waals surface area contributed by atoms with E-state index < -0.39 is 68.2 Å². The fourth-order valence-corrected chi connectivity index (χ4v) is 5.73. The maximum Gasteiger partial charge on any atom is 0.490 e. The molecule has 0 spiro atoms. The molecule has 1 unspecified atom stereocenters. The summed E-state index contributed by atoms with van der Waals surface area (Å²) in [6, 6.07) is 12.6. The molecule has 0 aliphatic carbocycles. The summed E-state index contributed by atoms with van der Waals surface area (Å²) in [4.78, 5) is 37.1. The van der Waals surface area contributed by atoms with Crippen molar-refractivity contribution < 1.29 is 61.2 Å². The molecular formula is C27H32F3N4O11P. The summed E-state index contributed by atoms with van der Waals surface area (Å²) in [6.07, 6.45) is -7.98. The quantitative estimate of drug-likeness (QED) is 0.154. The second kappa shape index (κ2) is 14.6. The Kier molecular flexibility index (Phi) is 11.5. The van der Waals surface area contributed by atoms with Crippen molar-refractivity contribution in [3.63, 3.8) is 0 Å². The number of ether oxygens (including phenoxy) is 2. The molecule has 0 amide bonds. The van der Waals surface area contributed by atoms with Crippen LogP contribution in [0, 0.1) is 0 Å². The zero-order chi connectivity index (χ0) is 34.4. The van der Waals surface area contributed by atoms with Gasteiger partial charge in [0.05, 0.1) is 13.2 Å². The van der Waals surface area contributed by atoms with E-state index in [1.165, 1.54) is 26.1 Å². The highest BCUT2D eigenvalue weighted by molar-refractivity contribution is 7.52. The molecule has 6 atom stereocenters. The Bertz CT molecular complexity index is 1650. The minimum atomic E-state index is -5.08. The number of carbonyl (C=O) groups is 2. The number of nitrogens with zero attached hydrogens (tertiary/aromatic N) is 2. The minimum absolute atomic E-state index is 0.0253. The molecule has 15 nitrogen and oxygen atoms in total. The smallest absolute Gasteiger partial charge is 0.475 e.